The number of benzene rings is 1. The van der Waals surface area contributed by atoms with E-state index < -0.39 is 85.2 Å². The summed E-state index contributed by atoms with van der Waals surface area (Å²) in [6.07, 6.45) is 5.95. The number of nitrogens with two attached hydrogens (primary N) is 1. The van der Waals surface area contributed by atoms with Crippen LogP contribution in [0, 0.1) is 24.7 Å². The number of Topliss-reactive ketones (excluding diaryl/α,β-unsaturated/α-hetero) is 1. The van der Waals surface area contributed by atoms with Crippen molar-refractivity contribution in [1.29, 1.82) is 0 Å². The van der Waals surface area contributed by atoms with E-state index in [1.54, 1.807) is 19.1 Å². The number of likely N-dealkylation sites (N-methyl/N-ethyl adjacent to an activating group) is 2. The normalized spacial score (nSPS) is 14.0. The molecule has 1 aromatic rings. The Kier molecular flexibility index (Phi) is 49.1. The Labute approximate surface area is 484 Å². The third kappa shape index (κ3) is 41.9. The van der Waals surface area contributed by atoms with Crippen molar-refractivity contribution in [3.63, 3.8) is 0 Å². The number of aryl methyl sites for hydroxylation is 1. The van der Waals surface area contributed by atoms with Gasteiger partial charge in [0.05, 0.1) is 38.6 Å². The number of hydrogen-bond acceptors (Lipinski definition) is 16. The SMILES string of the molecule is CC.CC(C)C.CC(C)C.CCC.CCCCC(O)CC(=O)OCC(=O)C(C)C(=O)NCC(=O)N1CCCC1.CN/N=C(\C)C(=O)N1CCCC1C(=O)N(C)CC(=O)NC(COC(=O)CN(C)C=O)C(N)=O.COc1ccc(C)cc1. The molecule has 23 nitrogen and oxygen atoms in total. The topological polar surface area (TPSA) is 306 Å². The molecule has 3 rings (SSSR count). The molecule has 81 heavy (non-hydrogen) atoms. The minimum atomic E-state index is -1.32. The average molecular weight is 1150 g/mol. The molecule has 0 radical (unpaired) electrons. The van der Waals surface area contributed by atoms with Crippen molar-refractivity contribution in [2.45, 2.75) is 173 Å². The summed E-state index contributed by atoms with van der Waals surface area (Å²) in [5, 5.41) is 18.2. The number of aliphatic hydroxyl groups is 1. The number of aliphatic hydroxyl groups excluding tert-OH is 1. The zero-order chi connectivity index (χ0) is 63.2. The highest BCUT2D eigenvalue weighted by atomic mass is 16.5. The molecule has 2 aliphatic heterocycles. The van der Waals surface area contributed by atoms with Crippen LogP contribution in [0.5, 0.6) is 5.75 Å². The molecule has 6 N–H and O–H groups in total. The summed E-state index contributed by atoms with van der Waals surface area (Å²) in [5.41, 5.74) is 9.23. The van der Waals surface area contributed by atoms with E-state index in [9.17, 15) is 53.1 Å². The minimum absolute atomic E-state index is 0.139. The maximum atomic E-state index is 12.8. The van der Waals surface area contributed by atoms with E-state index in [1.807, 2.05) is 45.0 Å². The molecule has 2 heterocycles. The van der Waals surface area contributed by atoms with Gasteiger partial charge in [-0.25, -0.2) is 0 Å². The molecular weight excluding hydrogens is 1050 g/mol. The zero-order valence-corrected chi connectivity index (χ0v) is 52.4. The number of ketones is 1. The summed E-state index contributed by atoms with van der Waals surface area (Å²) >= 11 is 0. The number of amides is 7. The van der Waals surface area contributed by atoms with Crippen molar-refractivity contribution in [2.75, 3.05) is 80.7 Å². The van der Waals surface area contributed by atoms with Gasteiger partial charge in [-0.3, -0.25) is 47.9 Å². The molecule has 0 saturated carbocycles. The Morgan fingerprint density at radius 2 is 1.40 bits per heavy atom. The van der Waals surface area contributed by atoms with Gasteiger partial charge in [0, 0.05) is 40.8 Å². The van der Waals surface area contributed by atoms with Gasteiger partial charge in [0.15, 0.2) is 12.4 Å². The van der Waals surface area contributed by atoms with Gasteiger partial charge < -0.3 is 60.7 Å². The van der Waals surface area contributed by atoms with Crippen LogP contribution in [0.4, 0.5) is 0 Å². The number of likely N-dealkylation sites (tertiary alicyclic amines) is 2. The molecule has 466 valence electrons. The predicted octanol–water partition coefficient (Wildman–Crippen LogP) is 4.82. The maximum absolute atomic E-state index is 12.8. The number of primary amides is 1. The van der Waals surface area contributed by atoms with Gasteiger partial charge in [-0.1, -0.05) is 113 Å². The Hall–Kier alpha value is -6.65. The third-order valence-corrected chi connectivity index (χ3v) is 10.5. The number of nitrogens with zero attached hydrogens (tertiary/aromatic N) is 5. The van der Waals surface area contributed by atoms with Gasteiger partial charge in [-0.2, -0.15) is 5.10 Å². The largest absolute Gasteiger partial charge is 0.497 e. The first-order valence-corrected chi connectivity index (χ1v) is 28.3. The Balaban J connectivity index is -0.000000540. The van der Waals surface area contributed by atoms with Crippen molar-refractivity contribution >= 4 is 65.3 Å². The molecule has 0 aliphatic carbocycles. The number of rotatable bonds is 24. The molecule has 4 unspecified atom stereocenters. The van der Waals surface area contributed by atoms with E-state index in [0.29, 0.717) is 45.3 Å². The summed E-state index contributed by atoms with van der Waals surface area (Å²) in [7, 11) is 5.98. The molecular formula is C58H105N9O14. The van der Waals surface area contributed by atoms with Crippen LogP contribution in [0.3, 0.4) is 0 Å². The lowest BCUT2D eigenvalue weighted by Crippen LogP contribution is -2.53. The summed E-state index contributed by atoms with van der Waals surface area (Å²) in [6.45, 7) is 28.1. The van der Waals surface area contributed by atoms with E-state index in [2.05, 4.69) is 83.5 Å². The van der Waals surface area contributed by atoms with E-state index in [1.165, 1.54) is 44.8 Å². The van der Waals surface area contributed by atoms with Crippen molar-refractivity contribution in [3.8, 4) is 5.75 Å². The van der Waals surface area contributed by atoms with Gasteiger partial charge in [-0.05, 0) is 76.8 Å². The number of hydrogen-bond donors (Lipinski definition) is 5. The van der Waals surface area contributed by atoms with Crippen LogP contribution < -0.4 is 26.5 Å². The monoisotopic (exact) mass is 1150 g/mol. The quantitative estimate of drug-likeness (QED) is 0.0305. The molecule has 7 amide bonds. The maximum Gasteiger partial charge on any atom is 0.325 e. The standard InChI is InChI=1S/C19H31N7O7.C18H30N2O6.C8H10O.2C4H10.C3H8.C2H6/c1-12(23-21-2)18(31)26-7-5-6-14(26)19(32)25(4)8-15(28)22-13(17(20)30)10-33-16(29)9-24(3)11-27;1-3-4-7-14(21)10-17(24)26-12-15(22)13(2)18(25)19-11-16(23)20-8-5-6-9-20;1-7-3-5-8(9-2)6-4-7;2*1-4(2)3;1-3-2;1-2/h11,13-14,21H,5-10H2,1-4H3,(H2,20,30)(H,22,28);13-14,21H,3-12H2,1-2H3,(H,19,25);3-6H,1-2H3;2*4H,1-3H3;3H2,1-2H3;1-2H3/b23-12+;;;;;;. The second-order valence-corrected chi connectivity index (χ2v) is 20.3. The van der Waals surface area contributed by atoms with Gasteiger partial charge in [0.25, 0.3) is 5.91 Å². The van der Waals surface area contributed by atoms with Crippen LogP contribution in [0.1, 0.15) is 153 Å². The highest BCUT2D eigenvalue weighted by Crippen LogP contribution is 2.20. The number of unbranched alkanes of at least 4 members (excludes halogenated alkanes) is 1. The van der Waals surface area contributed by atoms with Crippen LogP contribution in [0.25, 0.3) is 0 Å². The van der Waals surface area contributed by atoms with Gasteiger partial charge >= 0.3 is 11.9 Å². The fourth-order valence-electron chi connectivity index (χ4n) is 6.42. The molecule has 0 bridgehead atoms. The smallest absolute Gasteiger partial charge is 0.325 e. The first-order valence-electron chi connectivity index (χ1n) is 28.3. The van der Waals surface area contributed by atoms with Crippen LogP contribution >= 0.6 is 0 Å². The lowest BCUT2D eigenvalue weighted by atomic mass is 10.1. The Morgan fingerprint density at radius 1 is 0.852 bits per heavy atom. The molecule has 0 spiro atoms. The number of ether oxygens (including phenoxy) is 3. The molecule has 2 fully saturated rings. The van der Waals surface area contributed by atoms with Crippen LogP contribution in [-0.4, -0.2) is 189 Å². The second kappa shape index (κ2) is 49.2. The third-order valence-electron chi connectivity index (χ3n) is 10.5. The summed E-state index contributed by atoms with van der Waals surface area (Å²) < 4.78 is 14.7. The van der Waals surface area contributed by atoms with Crippen molar-refractivity contribution in [2.24, 2.45) is 28.6 Å². The summed E-state index contributed by atoms with van der Waals surface area (Å²) in [4.78, 5) is 124. The lowest BCUT2D eigenvalue weighted by Gasteiger charge is -2.28. The van der Waals surface area contributed by atoms with Crippen LogP contribution in [0.15, 0.2) is 29.4 Å². The van der Waals surface area contributed by atoms with Gasteiger partial charge in [-0.15, -0.1) is 0 Å². The lowest BCUT2D eigenvalue weighted by molar-refractivity contribution is -0.152. The summed E-state index contributed by atoms with van der Waals surface area (Å²) in [6, 6.07) is 5.90. The molecule has 2 aliphatic rings. The van der Waals surface area contributed by atoms with Crippen LogP contribution in [-0.2, 0) is 57.4 Å². The number of hydrazone groups is 1. The molecule has 1 aromatic carbocycles. The molecule has 2 saturated heterocycles. The van der Waals surface area contributed by atoms with E-state index in [0.717, 1.165) is 53.1 Å². The first kappa shape index (κ1) is 80.8. The summed E-state index contributed by atoms with van der Waals surface area (Å²) in [5.74, 6) is -3.64. The molecule has 23 heteroatoms. The van der Waals surface area contributed by atoms with E-state index in [-0.39, 0.29) is 37.0 Å². The van der Waals surface area contributed by atoms with Crippen molar-refractivity contribution in [1.82, 2.24) is 35.7 Å². The van der Waals surface area contributed by atoms with E-state index in [4.69, 9.17) is 19.9 Å². The number of methoxy groups -OCH3 is 1. The first-order chi connectivity index (χ1) is 38.1. The minimum Gasteiger partial charge on any atom is -0.497 e. The van der Waals surface area contributed by atoms with Crippen LogP contribution in [0.2, 0.25) is 0 Å². The van der Waals surface area contributed by atoms with Crippen molar-refractivity contribution < 1.29 is 67.3 Å². The van der Waals surface area contributed by atoms with Gasteiger partial charge in [0.1, 0.15) is 36.7 Å². The van der Waals surface area contributed by atoms with E-state index >= 15 is 0 Å². The highest BCUT2D eigenvalue weighted by molar-refractivity contribution is 6.38. The molecule has 4 atom stereocenters. The predicted molar refractivity (Wildman–Crippen MR) is 315 cm³/mol. The number of carbonyl (C=O) groups excluding carboxylic acids is 10. The second-order valence-electron chi connectivity index (χ2n) is 20.3. The highest BCUT2D eigenvalue weighted by Gasteiger charge is 2.37. The average Bonchev–Trinajstić information content (AvgIpc) is 4.15. The Morgan fingerprint density at radius 3 is 1.88 bits per heavy atom. The van der Waals surface area contributed by atoms with Gasteiger partial charge in [0.2, 0.25) is 35.9 Å². The number of carbonyl (C=O) groups is 10. The molecule has 0 aromatic heterocycles. The zero-order valence-electron chi connectivity index (χ0n) is 52.4. The van der Waals surface area contributed by atoms with Crippen molar-refractivity contribution in [3.05, 3.63) is 29.8 Å². The number of nitrogens with one attached hydrogen (secondary N) is 3. The fraction of sp³-hybridized carbons (Fsp3) is 0.707. The fourth-order valence-corrected chi connectivity index (χ4v) is 6.42. The Bertz CT molecular complexity index is 1980. The number of esters is 2.